The molecule has 0 atom stereocenters. The Morgan fingerprint density at radius 3 is 2.22 bits per heavy atom. The SMILES string of the molecule is O=C(c1ccccc1O)c1ccc(OO)cc1O. The number of phenols is 2. The lowest BCUT2D eigenvalue weighted by atomic mass is 10.0. The molecule has 5 nitrogen and oxygen atoms in total. The van der Waals surface area contributed by atoms with Gasteiger partial charge < -0.3 is 15.1 Å². The number of rotatable bonds is 3. The van der Waals surface area contributed by atoms with Gasteiger partial charge in [0.1, 0.15) is 11.5 Å². The van der Waals surface area contributed by atoms with Crippen LogP contribution in [0.4, 0.5) is 0 Å². The van der Waals surface area contributed by atoms with Gasteiger partial charge in [-0.3, -0.25) is 4.79 Å². The molecule has 0 fully saturated rings. The minimum atomic E-state index is -0.518. The van der Waals surface area contributed by atoms with Crippen molar-refractivity contribution < 1.29 is 25.2 Å². The lowest BCUT2D eigenvalue weighted by Crippen LogP contribution is -2.02. The number of hydrogen-bond acceptors (Lipinski definition) is 5. The third-order valence-corrected chi connectivity index (χ3v) is 2.47. The fraction of sp³-hybridized carbons (Fsp3) is 0. The maximum Gasteiger partial charge on any atom is 0.200 e. The van der Waals surface area contributed by atoms with Gasteiger partial charge in [0.05, 0.1) is 11.1 Å². The summed E-state index contributed by atoms with van der Waals surface area (Å²) in [5, 5.41) is 27.6. The molecule has 92 valence electrons. The quantitative estimate of drug-likeness (QED) is 0.439. The van der Waals surface area contributed by atoms with E-state index in [1.165, 1.54) is 24.3 Å². The highest BCUT2D eigenvalue weighted by Crippen LogP contribution is 2.28. The number of benzene rings is 2. The predicted octanol–water partition coefficient (Wildman–Crippen LogP) is 2.18. The van der Waals surface area contributed by atoms with Crippen molar-refractivity contribution in [2.24, 2.45) is 0 Å². The number of phenolic OH excluding ortho intramolecular Hbond substituents is 2. The van der Waals surface area contributed by atoms with Gasteiger partial charge in [0.2, 0.25) is 0 Å². The van der Waals surface area contributed by atoms with E-state index < -0.39 is 5.78 Å². The molecule has 2 aromatic carbocycles. The van der Waals surface area contributed by atoms with E-state index in [0.717, 1.165) is 6.07 Å². The first-order valence-corrected chi connectivity index (χ1v) is 5.10. The average Bonchev–Trinajstić information content (AvgIpc) is 2.38. The van der Waals surface area contributed by atoms with E-state index in [4.69, 9.17) is 5.26 Å². The van der Waals surface area contributed by atoms with Gasteiger partial charge in [0.25, 0.3) is 0 Å². The molecule has 3 N–H and O–H groups in total. The lowest BCUT2D eigenvalue weighted by Gasteiger charge is -2.06. The van der Waals surface area contributed by atoms with Gasteiger partial charge in [-0.05, 0) is 24.3 Å². The van der Waals surface area contributed by atoms with Crippen LogP contribution in [-0.4, -0.2) is 21.3 Å². The maximum atomic E-state index is 12.1. The molecule has 0 aliphatic rings. The van der Waals surface area contributed by atoms with E-state index in [1.807, 2.05) is 0 Å². The van der Waals surface area contributed by atoms with Crippen LogP contribution in [0.2, 0.25) is 0 Å². The normalized spacial score (nSPS) is 10.1. The van der Waals surface area contributed by atoms with Gasteiger partial charge in [-0.15, -0.1) is 0 Å². The fourth-order valence-electron chi connectivity index (χ4n) is 1.57. The topological polar surface area (TPSA) is 87.0 Å². The molecule has 0 amide bonds. The van der Waals surface area contributed by atoms with Crippen molar-refractivity contribution in [2.45, 2.75) is 0 Å². The molecule has 0 unspecified atom stereocenters. The first-order valence-electron chi connectivity index (χ1n) is 5.10. The Labute approximate surface area is 102 Å². The molecular weight excluding hydrogens is 236 g/mol. The van der Waals surface area contributed by atoms with Crippen molar-refractivity contribution in [3.63, 3.8) is 0 Å². The van der Waals surface area contributed by atoms with E-state index in [2.05, 4.69) is 4.89 Å². The fourth-order valence-corrected chi connectivity index (χ4v) is 1.57. The molecule has 2 rings (SSSR count). The van der Waals surface area contributed by atoms with Crippen LogP contribution in [0.1, 0.15) is 15.9 Å². The molecule has 0 aromatic heterocycles. The largest absolute Gasteiger partial charge is 0.507 e. The molecule has 5 heteroatoms. The Kier molecular flexibility index (Phi) is 3.16. The monoisotopic (exact) mass is 246 g/mol. The predicted molar refractivity (Wildman–Crippen MR) is 62.9 cm³/mol. The number of aromatic hydroxyl groups is 2. The highest BCUT2D eigenvalue weighted by Gasteiger charge is 2.17. The van der Waals surface area contributed by atoms with Crippen LogP contribution in [0.3, 0.4) is 0 Å². The first kappa shape index (κ1) is 11.9. The van der Waals surface area contributed by atoms with Gasteiger partial charge in [-0.1, -0.05) is 12.1 Å². The van der Waals surface area contributed by atoms with Gasteiger partial charge in [-0.2, -0.15) is 0 Å². The molecule has 0 heterocycles. The van der Waals surface area contributed by atoms with Crippen LogP contribution in [0.15, 0.2) is 42.5 Å². The molecule has 0 radical (unpaired) electrons. The first-order chi connectivity index (χ1) is 8.63. The Morgan fingerprint density at radius 2 is 1.61 bits per heavy atom. The van der Waals surface area contributed by atoms with Crippen molar-refractivity contribution in [1.82, 2.24) is 0 Å². The molecule has 0 saturated carbocycles. The summed E-state index contributed by atoms with van der Waals surface area (Å²) >= 11 is 0. The van der Waals surface area contributed by atoms with Crippen molar-refractivity contribution in [3.05, 3.63) is 53.6 Å². The van der Waals surface area contributed by atoms with E-state index in [0.29, 0.717) is 0 Å². The Balaban J connectivity index is 2.44. The van der Waals surface area contributed by atoms with Crippen molar-refractivity contribution >= 4 is 5.78 Å². The van der Waals surface area contributed by atoms with E-state index in [-0.39, 0.29) is 28.4 Å². The Hall–Kier alpha value is -2.53. The van der Waals surface area contributed by atoms with E-state index in [9.17, 15) is 15.0 Å². The van der Waals surface area contributed by atoms with Crippen LogP contribution in [0.5, 0.6) is 17.2 Å². The number of carbonyl (C=O) groups is 1. The molecule has 18 heavy (non-hydrogen) atoms. The summed E-state index contributed by atoms with van der Waals surface area (Å²) in [5.74, 6) is -1.00. The molecule has 0 aliphatic heterocycles. The summed E-state index contributed by atoms with van der Waals surface area (Å²) in [6.45, 7) is 0. The van der Waals surface area contributed by atoms with Crippen molar-refractivity contribution in [3.8, 4) is 17.2 Å². The molecule has 0 saturated heterocycles. The maximum absolute atomic E-state index is 12.1. The van der Waals surface area contributed by atoms with Gasteiger partial charge in [0, 0.05) is 6.07 Å². The summed E-state index contributed by atoms with van der Waals surface area (Å²) in [7, 11) is 0. The minimum absolute atomic E-state index is 0.0114. The van der Waals surface area contributed by atoms with E-state index >= 15 is 0 Å². The lowest BCUT2D eigenvalue weighted by molar-refractivity contribution is -0.137. The summed E-state index contributed by atoms with van der Waals surface area (Å²) in [6, 6.07) is 9.77. The minimum Gasteiger partial charge on any atom is -0.507 e. The van der Waals surface area contributed by atoms with Crippen LogP contribution in [0.25, 0.3) is 0 Å². The summed E-state index contributed by atoms with van der Waals surface area (Å²) in [4.78, 5) is 16.0. The molecule has 0 bridgehead atoms. The number of ketones is 1. The summed E-state index contributed by atoms with van der Waals surface area (Å²) in [5.41, 5.74) is 0.0998. The zero-order chi connectivity index (χ0) is 13.1. The van der Waals surface area contributed by atoms with Gasteiger partial charge >= 0.3 is 0 Å². The van der Waals surface area contributed by atoms with E-state index in [1.54, 1.807) is 12.1 Å². The Morgan fingerprint density at radius 1 is 0.944 bits per heavy atom. The second-order valence-electron chi connectivity index (χ2n) is 3.62. The smallest absolute Gasteiger partial charge is 0.200 e. The van der Waals surface area contributed by atoms with Crippen LogP contribution in [0, 0.1) is 0 Å². The average molecular weight is 246 g/mol. The highest BCUT2D eigenvalue weighted by atomic mass is 17.1. The number of carbonyl (C=O) groups excluding carboxylic acids is 1. The van der Waals surface area contributed by atoms with Crippen LogP contribution >= 0.6 is 0 Å². The highest BCUT2D eigenvalue weighted by molar-refractivity contribution is 6.12. The summed E-state index contributed by atoms with van der Waals surface area (Å²) < 4.78 is 0. The van der Waals surface area contributed by atoms with Crippen LogP contribution < -0.4 is 4.89 Å². The number of hydrogen-bond donors (Lipinski definition) is 3. The Bertz CT molecular complexity index is 592. The second kappa shape index (κ2) is 4.77. The van der Waals surface area contributed by atoms with Gasteiger partial charge in [0.15, 0.2) is 11.5 Å². The van der Waals surface area contributed by atoms with Crippen LogP contribution in [-0.2, 0) is 0 Å². The van der Waals surface area contributed by atoms with Gasteiger partial charge in [-0.25, -0.2) is 5.26 Å². The standard InChI is InChI=1S/C13H10O5/c14-11-4-2-1-3-9(11)13(16)10-6-5-8(18-17)7-12(10)15/h1-7,14-15,17H. The zero-order valence-corrected chi connectivity index (χ0v) is 9.20. The second-order valence-corrected chi connectivity index (χ2v) is 3.62. The molecular formula is C13H10O5. The molecule has 0 aliphatic carbocycles. The molecule has 2 aromatic rings. The third kappa shape index (κ3) is 2.11. The third-order valence-electron chi connectivity index (χ3n) is 2.47. The van der Waals surface area contributed by atoms with Crippen molar-refractivity contribution in [1.29, 1.82) is 0 Å². The zero-order valence-electron chi connectivity index (χ0n) is 9.20. The number of para-hydroxylation sites is 1. The van der Waals surface area contributed by atoms with Crippen molar-refractivity contribution in [2.75, 3.05) is 0 Å². The summed E-state index contributed by atoms with van der Waals surface area (Å²) in [6.07, 6.45) is 0. The molecule has 0 spiro atoms.